The van der Waals surface area contributed by atoms with Crippen molar-refractivity contribution in [3.63, 3.8) is 0 Å². The number of carbonyl (C=O) groups excluding carboxylic acids is 1. The molecule has 37 heavy (non-hydrogen) atoms. The van der Waals surface area contributed by atoms with Gasteiger partial charge in [-0.05, 0) is 87.0 Å². The van der Waals surface area contributed by atoms with Crippen LogP contribution in [0.15, 0.2) is 48.5 Å². The Labute approximate surface area is 217 Å². The van der Waals surface area contributed by atoms with Crippen molar-refractivity contribution in [2.24, 2.45) is 5.92 Å². The van der Waals surface area contributed by atoms with Crippen LogP contribution in [0.1, 0.15) is 54.6 Å². The first kappa shape index (κ1) is 29.1. The average molecular weight is 540 g/mol. The topological polar surface area (TPSA) is 69.7 Å². The van der Waals surface area contributed by atoms with E-state index in [1.807, 2.05) is 18.2 Å². The number of halogens is 3. The number of carbonyl (C=O) groups is 1. The molecule has 6 nitrogen and oxygen atoms in total. The predicted octanol–water partition coefficient (Wildman–Crippen LogP) is 5.27. The van der Waals surface area contributed by atoms with E-state index in [-0.39, 0.29) is 11.6 Å². The van der Waals surface area contributed by atoms with Crippen molar-refractivity contribution >= 4 is 21.6 Å². The number of nitrogens with zero attached hydrogens (tertiary/aromatic N) is 2. The van der Waals surface area contributed by atoms with Crippen LogP contribution < -0.4 is 5.32 Å². The quantitative estimate of drug-likeness (QED) is 0.447. The third-order valence-electron chi connectivity index (χ3n) is 6.86. The summed E-state index contributed by atoms with van der Waals surface area (Å²) in [6.45, 7) is 7.31. The number of alkyl halides is 3. The maximum Gasteiger partial charge on any atom is 0.416 e. The molecule has 2 aromatic rings. The van der Waals surface area contributed by atoms with Crippen LogP contribution in [-0.4, -0.2) is 62.0 Å². The fourth-order valence-corrected chi connectivity index (χ4v) is 5.67. The Kier molecular flexibility index (Phi) is 9.77. The fourth-order valence-electron chi connectivity index (χ4n) is 4.79. The van der Waals surface area contributed by atoms with Gasteiger partial charge in [-0.15, -0.1) is 0 Å². The maximum atomic E-state index is 12.8. The summed E-state index contributed by atoms with van der Waals surface area (Å²) in [5.74, 6) is -0.0201. The third-order valence-corrected chi connectivity index (χ3v) is 8.16. The summed E-state index contributed by atoms with van der Waals surface area (Å²) in [6, 6.07) is 11.9. The van der Waals surface area contributed by atoms with E-state index in [9.17, 15) is 26.4 Å². The number of piperidine rings is 1. The Morgan fingerprint density at radius 2 is 1.78 bits per heavy atom. The maximum absolute atomic E-state index is 12.8. The van der Waals surface area contributed by atoms with E-state index in [2.05, 4.69) is 24.1 Å². The molecule has 1 amide bonds. The van der Waals surface area contributed by atoms with Gasteiger partial charge in [0.25, 0.3) is 5.91 Å². The van der Waals surface area contributed by atoms with Gasteiger partial charge in [0.1, 0.15) is 0 Å². The van der Waals surface area contributed by atoms with Crippen LogP contribution in [-0.2, 0) is 22.6 Å². The molecule has 0 radical (unpaired) electrons. The summed E-state index contributed by atoms with van der Waals surface area (Å²) >= 11 is 0. The van der Waals surface area contributed by atoms with Crippen LogP contribution >= 0.6 is 0 Å². The van der Waals surface area contributed by atoms with Crippen molar-refractivity contribution in [2.45, 2.75) is 51.7 Å². The molecule has 0 spiro atoms. The van der Waals surface area contributed by atoms with E-state index < -0.39 is 27.7 Å². The highest BCUT2D eigenvalue weighted by atomic mass is 32.2. The number of hydrogen-bond donors (Lipinski definition) is 1. The zero-order valence-electron chi connectivity index (χ0n) is 21.6. The van der Waals surface area contributed by atoms with Gasteiger partial charge in [0.2, 0.25) is 10.0 Å². The molecule has 1 saturated heterocycles. The van der Waals surface area contributed by atoms with Crippen molar-refractivity contribution in [1.82, 2.24) is 9.21 Å². The van der Waals surface area contributed by atoms with Gasteiger partial charge in [-0.1, -0.05) is 19.1 Å². The lowest BCUT2D eigenvalue weighted by Crippen LogP contribution is -2.44. The van der Waals surface area contributed by atoms with Gasteiger partial charge in [0.15, 0.2) is 0 Å². The monoisotopic (exact) mass is 539 g/mol. The minimum absolute atomic E-state index is 0.155. The van der Waals surface area contributed by atoms with Crippen LogP contribution in [0.3, 0.4) is 0 Å². The van der Waals surface area contributed by atoms with Gasteiger partial charge in [0, 0.05) is 36.9 Å². The second kappa shape index (κ2) is 12.4. The lowest BCUT2D eigenvalue weighted by atomic mass is 9.96. The minimum atomic E-state index is -4.45. The van der Waals surface area contributed by atoms with E-state index in [1.165, 1.54) is 18.4 Å². The lowest BCUT2D eigenvalue weighted by Gasteiger charge is -2.36. The second-order valence-corrected chi connectivity index (χ2v) is 11.9. The fraction of sp³-hybridized carbons (Fsp3) is 0.519. The number of hydrogen-bond acceptors (Lipinski definition) is 4. The first-order valence-corrected chi connectivity index (χ1v) is 14.5. The van der Waals surface area contributed by atoms with Crippen LogP contribution in [0.5, 0.6) is 0 Å². The van der Waals surface area contributed by atoms with Crippen molar-refractivity contribution in [3.05, 3.63) is 65.2 Å². The predicted molar refractivity (Wildman–Crippen MR) is 140 cm³/mol. The minimum Gasteiger partial charge on any atom is -0.322 e. The lowest BCUT2D eigenvalue weighted by molar-refractivity contribution is -0.137. The largest absolute Gasteiger partial charge is 0.416 e. The standard InChI is InChI=1S/C27H36F3N3O3S/c1-4-14-32(19-21-12-15-33(16-13-21)37(3,35)36)20(2)17-22-6-5-7-25(18-22)31-26(34)23-8-10-24(11-9-23)27(28,29)30/h5-11,18,20-21H,4,12-17,19H2,1-3H3,(H,31,34)/t20-/m1/s1. The molecule has 3 rings (SSSR count). The van der Waals surface area contributed by atoms with E-state index in [4.69, 9.17) is 0 Å². The summed E-state index contributed by atoms with van der Waals surface area (Å²) in [4.78, 5) is 15.0. The highest BCUT2D eigenvalue weighted by Crippen LogP contribution is 2.29. The third kappa shape index (κ3) is 8.55. The Bertz CT molecular complexity index is 1150. The first-order valence-electron chi connectivity index (χ1n) is 12.6. The Balaban J connectivity index is 1.59. The molecular weight excluding hydrogens is 503 g/mol. The number of amides is 1. The molecule has 10 heteroatoms. The zero-order valence-corrected chi connectivity index (χ0v) is 22.4. The molecule has 1 heterocycles. The number of sulfonamides is 1. The highest BCUT2D eigenvalue weighted by molar-refractivity contribution is 7.88. The number of nitrogens with one attached hydrogen (secondary N) is 1. The van der Waals surface area contributed by atoms with Gasteiger partial charge in [-0.25, -0.2) is 12.7 Å². The summed E-state index contributed by atoms with van der Waals surface area (Å²) in [5, 5.41) is 2.78. The number of rotatable bonds is 10. The van der Waals surface area contributed by atoms with Gasteiger partial charge in [0.05, 0.1) is 11.8 Å². The number of anilines is 1. The van der Waals surface area contributed by atoms with Crippen molar-refractivity contribution in [2.75, 3.05) is 37.8 Å². The van der Waals surface area contributed by atoms with Gasteiger partial charge < -0.3 is 10.2 Å². The summed E-state index contributed by atoms with van der Waals surface area (Å²) in [6.07, 6.45) is 0.302. The molecule has 1 aliphatic rings. The normalized spacial score (nSPS) is 16.6. The first-order chi connectivity index (χ1) is 17.4. The van der Waals surface area contributed by atoms with Crippen molar-refractivity contribution in [1.29, 1.82) is 0 Å². The van der Waals surface area contributed by atoms with Gasteiger partial charge in [-0.2, -0.15) is 13.2 Å². The van der Waals surface area contributed by atoms with Gasteiger partial charge in [-0.3, -0.25) is 4.79 Å². The molecule has 1 fully saturated rings. The summed E-state index contributed by atoms with van der Waals surface area (Å²) in [7, 11) is -3.14. The van der Waals surface area contributed by atoms with Crippen molar-refractivity contribution < 1.29 is 26.4 Å². The molecular formula is C27H36F3N3O3S. The molecule has 1 atom stereocenters. The second-order valence-electron chi connectivity index (χ2n) is 9.88. The van der Waals surface area contributed by atoms with Crippen molar-refractivity contribution in [3.8, 4) is 0 Å². The molecule has 0 aromatic heterocycles. The van der Waals surface area contributed by atoms with Gasteiger partial charge >= 0.3 is 6.18 Å². The van der Waals surface area contributed by atoms with E-state index in [0.717, 1.165) is 56.5 Å². The highest BCUT2D eigenvalue weighted by Gasteiger charge is 2.30. The van der Waals surface area contributed by atoms with E-state index in [0.29, 0.717) is 24.7 Å². The molecule has 0 unspecified atom stereocenters. The van der Waals surface area contributed by atoms with Crippen LogP contribution in [0.4, 0.5) is 18.9 Å². The van der Waals surface area contributed by atoms with Crippen LogP contribution in [0, 0.1) is 5.92 Å². The van der Waals surface area contributed by atoms with Crippen LogP contribution in [0.2, 0.25) is 0 Å². The smallest absolute Gasteiger partial charge is 0.322 e. The zero-order chi connectivity index (χ0) is 27.2. The van der Waals surface area contributed by atoms with E-state index in [1.54, 1.807) is 10.4 Å². The molecule has 0 bridgehead atoms. The summed E-state index contributed by atoms with van der Waals surface area (Å²) in [5.41, 5.74) is 0.996. The molecule has 204 valence electrons. The Morgan fingerprint density at radius 3 is 2.35 bits per heavy atom. The SMILES string of the molecule is CCCN(CC1CCN(S(C)(=O)=O)CC1)[C@H](C)Cc1cccc(NC(=O)c2ccc(C(F)(F)F)cc2)c1. The molecule has 1 aliphatic heterocycles. The average Bonchev–Trinajstić information content (AvgIpc) is 2.83. The summed E-state index contributed by atoms with van der Waals surface area (Å²) < 4.78 is 63.5. The van der Waals surface area contributed by atoms with Crippen LogP contribution in [0.25, 0.3) is 0 Å². The van der Waals surface area contributed by atoms with E-state index >= 15 is 0 Å². The molecule has 1 N–H and O–H groups in total. The molecule has 0 saturated carbocycles. The Morgan fingerprint density at radius 1 is 1.14 bits per heavy atom. The molecule has 0 aliphatic carbocycles. The Hall–Kier alpha value is -2.43. The number of benzene rings is 2. The molecule has 2 aromatic carbocycles.